The molecule has 0 spiro atoms. The molecule has 0 amide bonds. The van der Waals surface area contributed by atoms with Crippen LogP contribution in [0.1, 0.15) is 5.69 Å². The fourth-order valence-corrected chi connectivity index (χ4v) is 4.05. The van der Waals surface area contributed by atoms with Gasteiger partial charge in [0.1, 0.15) is 5.15 Å². The topological polar surface area (TPSA) is 103 Å². The number of nitrogens with zero attached hydrogens (tertiary/aromatic N) is 5. The van der Waals surface area contributed by atoms with Crippen molar-refractivity contribution in [1.29, 1.82) is 0 Å². The number of hydrogen-bond acceptors (Lipinski definition) is 5. The Morgan fingerprint density at radius 3 is 2.62 bits per heavy atom. The van der Waals surface area contributed by atoms with Gasteiger partial charge in [-0.2, -0.15) is 4.98 Å². The minimum Gasteiger partial charge on any atom is -0.357 e. The maximum Gasteiger partial charge on any atom is 0.332 e. The number of pyridine rings is 1. The van der Waals surface area contributed by atoms with Crippen LogP contribution in [0.4, 0.5) is 11.6 Å². The summed E-state index contributed by atoms with van der Waals surface area (Å²) in [7, 11) is 3.29. The van der Waals surface area contributed by atoms with Gasteiger partial charge in [0.2, 0.25) is 5.95 Å². The number of fused-ring (bicyclic) bond motifs is 2. The third-order valence-corrected chi connectivity index (χ3v) is 5.89. The number of nitrogens with one attached hydrogen (secondary N) is 2. The van der Waals surface area contributed by atoms with Crippen LogP contribution in [0.2, 0.25) is 10.2 Å². The zero-order valence-electron chi connectivity index (χ0n) is 17.1. The van der Waals surface area contributed by atoms with E-state index in [1.54, 1.807) is 43.1 Å². The molecule has 5 rings (SSSR count). The second kappa shape index (κ2) is 7.54. The molecule has 1 aromatic carbocycles. The first-order valence-corrected chi connectivity index (χ1v) is 10.4. The summed E-state index contributed by atoms with van der Waals surface area (Å²) in [5.41, 5.74) is 1.85. The number of aryl methyl sites for hydroxylation is 2. The van der Waals surface area contributed by atoms with Crippen molar-refractivity contribution >= 4 is 56.9 Å². The Morgan fingerprint density at radius 1 is 1.09 bits per heavy atom. The third-order valence-electron chi connectivity index (χ3n) is 5.34. The molecule has 4 heterocycles. The van der Waals surface area contributed by atoms with E-state index in [4.69, 9.17) is 23.2 Å². The van der Waals surface area contributed by atoms with E-state index < -0.39 is 11.2 Å². The standard InChI is InChI=1S/C21H17Cl2N7O2/c1-28-17-18(27-20(28)26-11-6-7-16(23)24-9-11)29(2)21(32)30(19(17)31)10-12-8-13-14(22)4-3-5-15(13)25-12/h3-9,25H,10H2,1-2H3,(H,26,27). The predicted octanol–water partition coefficient (Wildman–Crippen LogP) is 3.41. The van der Waals surface area contributed by atoms with Gasteiger partial charge in [0.15, 0.2) is 11.2 Å². The lowest BCUT2D eigenvalue weighted by Gasteiger charge is -2.08. The summed E-state index contributed by atoms with van der Waals surface area (Å²) in [5, 5.41) is 4.90. The molecule has 2 N–H and O–H groups in total. The van der Waals surface area contributed by atoms with E-state index in [0.717, 1.165) is 10.9 Å². The number of aromatic amines is 1. The van der Waals surface area contributed by atoms with Crippen molar-refractivity contribution in [2.75, 3.05) is 5.32 Å². The molecular weight excluding hydrogens is 453 g/mol. The van der Waals surface area contributed by atoms with Gasteiger partial charge in [0.05, 0.1) is 18.4 Å². The van der Waals surface area contributed by atoms with E-state index >= 15 is 0 Å². The zero-order valence-corrected chi connectivity index (χ0v) is 18.6. The Hall–Kier alpha value is -3.56. The van der Waals surface area contributed by atoms with Crippen LogP contribution in [0, 0.1) is 0 Å². The molecular formula is C21H17Cl2N7O2. The molecule has 0 atom stereocenters. The van der Waals surface area contributed by atoms with Gasteiger partial charge >= 0.3 is 5.69 Å². The molecule has 0 radical (unpaired) electrons. The lowest BCUT2D eigenvalue weighted by Crippen LogP contribution is -2.39. The van der Waals surface area contributed by atoms with E-state index in [9.17, 15) is 9.59 Å². The SMILES string of the molecule is Cn1c(Nc2ccc(Cl)nc2)nc2c1c(=O)n(Cc1cc3c(Cl)cccc3[nH]1)c(=O)n2C. The summed E-state index contributed by atoms with van der Waals surface area (Å²) in [4.78, 5) is 38.0. The van der Waals surface area contributed by atoms with E-state index in [1.807, 2.05) is 18.2 Å². The smallest absolute Gasteiger partial charge is 0.332 e. The average molecular weight is 470 g/mol. The van der Waals surface area contributed by atoms with Crippen LogP contribution < -0.4 is 16.6 Å². The van der Waals surface area contributed by atoms with Gasteiger partial charge in [-0.3, -0.25) is 13.9 Å². The maximum absolute atomic E-state index is 13.3. The molecule has 162 valence electrons. The molecule has 0 aliphatic carbocycles. The highest BCUT2D eigenvalue weighted by Crippen LogP contribution is 2.24. The first-order valence-electron chi connectivity index (χ1n) is 9.64. The van der Waals surface area contributed by atoms with Crippen molar-refractivity contribution < 1.29 is 0 Å². The quantitative estimate of drug-likeness (QED) is 0.392. The lowest BCUT2D eigenvalue weighted by atomic mass is 10.2. The lowest BCUT2D eigenvalue weighted by molar-refractivity contribution is 0.648. The highest BCUT2D eigenvalue weighted by atomic mass is 35.5. The molecule has 0 unspecified atom stereocenters. The van der Waals surface area contributed by atoms with Gasteiger partial charge in [-0.1, -0.05) is 29.3 Å². The van der Waals surface area contributed by atoms with Crippen molar-refractivity contribution in [2.24, 2.45) is 14.1 Å². The van der Waals surface area contributed by atoms with Crippen molar-refractivity contribution in [3.63, 3.8) is 0 Å². The Labute approximate surface area is 190 Å². The van der Waals surface area contributed by atoms with Gasteiger partial charge in [-0.25, -0.2) is 9.78 Å². The number of halogens is 2. The highest BCUT2D eigenvalue weighted by Gasteiger charge is 2.19. The van der Waals surface area contributed by atoms with E-state index in [1.165, 1.54) is 9.13 Å². The summed E-state index contributed by atoms with van der Waals surface area (Å²) < 4.78 is 4.15. The molecule has 4 aromatic heterocycles. The minimum absolute atomic E-state index is 0.0709. The molecule has 0 saturated heterocycles. The fraction of sp³-hybridized carbons (Fsp3) is 0.143. The molecule has 0 bridgehead atoms. The summed E-state index contributed by atoms with van der Waals surface area (Å²) in [5.74, 6) is 0.395. The molecule has 11 heteroatoms. The second-order valence-electron chi connectivity index (χ2n) is 7.39. The number of aromatic nitrogens is 6. The van der Waals surface area contributed by atoms with Crippen LogP contribution in [-0.4, -0.2) is 28.7 Å². The number of benzene rings is 1. The average Bonchev–Trinajstić information content (AvgIpc) is 3.33. The van der Waals surface area contributed by atoms with Crippen LogP contribution in [-0.2, 0) is 20.6 Å². The molecule has 0 fully saturated rings. The Balaban J connectivity index is 1.61. The number of rotatable bonds is 4. The minimum atomic E-state index is -0.468. The van der Waals surface area contributed by atoms with Gasteiger partial charge in [0.25, 0.3) is 5.56 Å². The normalized spacial score (nSPS) is 11.5. The summed E-state index contributed by atoms with van der Waals surface area (Å²) in [6, 6.07) is 10.7. The molecule has 5 aromatic rings. The molecule has 0 aliphatic rings. The summed E-state index contributed by atoms with van der Waals surface area (Å²) in [6.07, 6.45) is 1.56. The number of hydrogen-bond donors (Lipinski definition) is 2. The maximum atomic E-state index is 13.3. The number of H-pyrrole nitrogens is 1. The predicted molar refractivity (Wildman–Crippen MR) is 125 cm³/mol. The van der Waals surface area contributed by atoms with Gasteiger partial charge in [-0.05, 0) is 30.3 Å². The van der Waals surface area contributed by atoms with Crippen LogP contribution in [0.25, 0.3) is 22.1 Å². The van der Waals surface area contributed by atoms with E-state index in [2.05, 4.69) is 20.3 Å². The van der Waals surface area contributed by atoms with Crippen molar-refractivity contribution in [3.8, 4) is 0 Å². The number of imidazole rings is 1. The molecule has 0 saturated carbocycles. The Bertz CT molecular complexity index is 1610. The Kier molecular flexibility index (Phi) is 4.79. The monoisotopic (exact) mass is 469 g/mol. The van der Waals surface area contributed by atoms with Crippen LogP contribution in [0.5, 0.6) is 0 Å². The first kappa shape index (κ1) is 20.3. The second-order valence-corrected chi connectivity index (χ2v) is 8.18. The first-order chi connectivity index (χ1) is 15.3. The van der Waals surface area contributed by atoms with Gasteiger partial charge in [-0.15, -0.1) is 0 Å². The van der Waals surface area contributed by atoms with Crippen molar-refractivity contribution in [3.05, 3.63) is 79.3 Å². The zero-order chi connectivity index (χ0) is 22.6. The van der Waals surface area contributed by atoms with Crippen LogP contribution >= 0.6 is 23.2 Å². The highest BCUT2D eigenvalue weighted by molar-refractivity contribution is 6.35. The van der Waals surface area contributed by atoms with E-state index in [0.29, 0.717) is 33.0 Å². The van der Waals surface area contributed by atoms with Crippen LogP contribution in [0.3, 0.4) is 0 Å². The summed E-state index contributed by atoms with van der Waals surface area (Å²) in [6.45, 7) is 0.0709. The van der Waals surface area contributed by atoms with E-state index in [-0.39, 0.29) is 12.2 Å². The molecule has 9 nitrogen and oxygen atoms in total. The fourth-order valence-electron chi connectivity index (χ4n) is 3.71. The van der Waals surface area contributed by atoms with Crippen LogP contribution in [0.15, 0.2) is 52.2 Å². The van der Waals surface area contributed by atoms with Gasteiger partial charge in [0, 0.05) is 35.7 Å². The Morgan fingerprint density at radius 2 is 1.91 bits per heavy atom. The third kappa shape index (κ3) is 3.26. The van der Waals surface area contributed by atoms with Gasteiger partial charge < -0.3 is 14.9 Å². The number of anilines is 2. The van der Waals surface area contributed by atoms with Crippen molar-refractivity contribution in [1.82, 2.24) is 28.7 Å². The summed E-state index contributed by atoms with van der Waals surface area (Å²) >= 11 is 12.1. The van der Waals surface area contributed by atoms with Crippen molar-refractivity contribution in [2.45, 2.75) is 6.54 Å². The molecule has 32 heavy (non-hydrogen) atoms. The largest absolute Gasteiger partial charge is 0.357 e. The molecule has 0 aliphatic heterocycles.